The maximum absolute atomic E-state index is 14.0. The Balaban J connectivity index is 1.69. The SMILES string of the molecule is COc1ccc(CCNC(=NCc2nnc(C)n2C)NC(C)c2ccc(C)c(F)c2)cc1. The van der Waals surface area contributed by atoms with Crippen molar-refractivity contribution in [3.8, 4) is 5.75 Å². The number of methoxy groups -OCH3 is 1. The van der Waals surface area contributed by atoms with Gasteiger partial charge in [-0.1, -0.05) is 24.3 Å². The molecule has 0 amide bonds. The number of halogens is 1. The van der Waals surface area contributed by atoms with E-state index in [4.69, 9.17) is 4.74 Å². The Labute approximate surface area is 188 Å². The summed E-state index contributed by atoms with van der Waals surface area (Å²) in [7, 11) is 3.58. The first-order valence-corrected chi connectivity index (χ1v) is 10.7. The number of ether oxygens (including phenoxy) is 1. The Kier molecular flexibility index (Phi) is 7.81. The highest BCUT2D eigenvalue weighted by Gasteiger charge is 2.11. The Morgan fingerprint density at radius 1 is 1.16 bits per heavy atom. The molecule has 0 aliphatic carbocycles. The maximum atomic E-state index is 14.0. The highest BCUT2D eigenvalue weighted by atomic mass is 19.1. The molecule has 0 radical (unpaired) electrons. The number of nitrogens with zero attached hydrogens (tertiary/aromatic N) is 4. The van der Waals surface area contributed by atoms with Crippen molar-refractivity contribution in [1.29, 1.82) is 0 Å². The molecule has 0 aliphatic heterocycles. The number of nitrogens with one attached hydrogen (secondary N) is 2. The normalized spacial score (nSPS) is 12.5. The van der Waals surface area contributed by atoms with E-state index in [0.717, 1.165) is 29.4 Å². The molecule has 2 N–H and O–H groups in total. The van der Waals surface area contributed by atoms with E-state index in [0.29, 0.717) is 24.6 Å². The minimum absolute atomic E-state index is 0.126. The summed E-state index contributed by atoms with van der Waals surface area (Å²) in [5.41, 5.74) is 2.67. The van der Waals surface area contributed by atoms with Crippen LogP contribution in [0.1, 0.15) is 41.3 Å². The van der Waals surface area contributed by atoms with Crippen molar-refractivity contribution < 1.29 is 9.13 Å². The van der Waals surface area contributed by atoms with Gasteiger partial charge in [0, 0.05) is 13.6 Å². The molecule has 0 aliphatic rings. The van der Waals surface area contributed by atoms with Gasteiger partial charge in [-0.15, -0.1) is 10.2 Å². The molecule has 1 unspecified atom stereocenters. The third kappa shape index (κ3) is 6.06. The molecular weight excluding hydrogens is 407 g/mol. The van der Waals surface area contributed by atoms with Crippen LogP contribution in [0, 0.1) is 19.7 Å². The van der Waals surface area contributed by atoms with Gasteiger partial charge in [-0.2, -0.15) is 0 Å². The average molecular weight is 439 g/mol. The van der Waals surface area contributed by atoms with Crippen LogP contribution >= 0.6 is 0 Å². The molecule has 1 atom stereocenters. The summed E-state index contributed by atoms with van der Waals surface area (Å²) >= 11 is 0. The number of hydrogen-bond donors (Lipinski definition) is 2. The summed E-state index contributed by atoms with van der Waals surface area (Å²) in [6, 6.07) is 13.2. The smallest absolute Gasteiger partial charge is 0.192 e. The number of guanidine groups is 1. The van der Waals surface area contributed by atoms with Crippen LogP contribution in [0.2, 0.25) is 0 Å². The van der Waals surface area contributed by atoms with E-state index in [1.165, 1.54) is 5.56 Å². The first-order chi connectivity index (χ1) is 15.4. The second-order valence-electron chi connectivity index (χ2n) is 7.79. The number of aliphatic imine (C=N–C) groups is 1. The van der Waals surface area contributed by atoms with Gasteiger partial charge in [0.05, 0.1) is 13.2 Å². The van der Waals surface area contributed by atoms with Crippen LogP contribution in [0.3, 0.4) is 0 Å². The van der Waals surface area contributed by atoms with Crippen molar-refractivity contribution in [2.24, 2.45) is 12.0 Å². The van der Waals surface area contributed by atoms with Crippen molar-refractivity contribution >= 4 is 5.96 Å². The molecule has 1 heterocycles. The van der Waals surface area contributed by atoms with Gasteiger partial charge in [0.15, 0.2) is 11.8 Å². The fraction of sp³-hybridized carbons (Fsp3) is 0.375. The quantitative estimate of drug-likeness (QED) is 0.415. The van der Waals surface area contributed by atoms with Crippen molar-refractivity contribution in [2.45, 2.75) is 39.8 Å². The van der Waals surface area contributed by atoms with Gasteiger partial charge in [0.2, 0.25) is 0 Å². The molecule has 0 saturated carbocycles. The molecule has 0 bridgehead atoms. The summed E-state index contributed by atoms with van der Waals surface area (Å²) in [5, 5.41) is 15.0. The van der Waals surface area contributed by atoms with Crippen LogP contribution in [0.15, 0.2) is 47.5 Å². The Hall–Kier alpha value is -3.42. The lowest BCUT2D eigenvalue weighted by atomic mass is 10.1. The van der Waals surface area contributed by atoms with E-state index in [-0.39, 0.29) is 11.9 Å². The number of benzene rings is 2. The Morgan fingerprint density at radius 2 is 1.91 bits per heavy atom. The molecule has 3 rings (SSSR count). The van der Waals surface area contributed by atoms with Crippen molar-refractivity contribution in [3.05, 3.63) is 76.6 Å². The van der Waals surface area contributed by atoms with Gasteiger partial charge in [-0.25, -0.2) is 9.38 Å². The standard InChI is InChI=1S/C24H31FN6O/c1-16-6-9-20(14-22(16)25)17(2)28-24(27-15-23-30-29-18(3)31(23)4)26-13-12-19-7-10-21(32-5)11-8-19/h6-11,14,17H,12-13,15H2,1-5H3,(H2,26,27,28). The number of rotatable bonds is 8. The molecule has 0 fully saturated rings. The monoisotopic (exact) mass is 438 g/mol. The molecule has 7 nitrogen and oxygen atoms in total. The van der Waals surface area contributed by atoms with E-state index in [1.807, 2.05) is 55.8 Å². The van der Waals surface area contributed by atoms with Crippen molar-refractivity contribution in [2.75, 3.05) is 13.7 Å². The first kappa shape index (κ1) is 23.2. The fourth-order valence-corrected chi connectivity index (χ4v) is 3.18. The van der Waals surface area contributed by atoms with Crippen LogP contribution in [0.5, 0.6) is 5.75 Å². The van der Waals surface area contributed by atoms with Gasteiger partial charge >= 0.3 is 0 Å². The minimum Gasteiger partial charge on any atom is -0.497 e. The summed E-state index contributed by atoms with van der Waals surface area (Å²) in [6.07, 6.45) is 0.821. The zero-order valence-electron chi connectivity index (χ0n) is 19.3. The molecule has 170 valence electrons. The molecule has 32 heavy (non-hydrogen) atoms. The third-order valence-electron chi connectivity index (χ3n) is 5.48. The molecule has 1 aromatic heterocycles. The largest absolute Gasteiger partial charge is 0.497 e. The molecule has 8 heteroatoms. The summed E-state index contributed by atoms with van der Waals surface area (Å²) < 4.78 is 21.2. The van der Waals surface area contributed by atoms with E-state index < -0.39 is 0 Å². The van der Waals surface area contributed by atoms with Crippen LogP contribution < -0.4 is 15.4 Å². The molecule has 0 spiro atoms. The van der Waals surface area contributed by atoms with Crippen LogP contribution in [-0.2, 0) is 20.0 Å². The summed E-state index contributed by atoms with van der Waals surface area (Å²) in [5.74, 6) is 2.86. The second-order valence-corrected chi connectivity index (χ2v) is 7.79. The number of aryl methyl sites for hydroxylation is 2. The van der Waals surface area contributed by atoms with E-state index >= 15 is 0 Å². The van der Waals surface area contributed by atoms with Gasteiger partial charge in [0.1, 0.15) is 23.9 Å². The Bertz CT molecular complexity index is 1060. The lowest BCUT2D eigenvalue weighted by Crippen LogP contribution is -2.40. The Morgan fingerprint density at radius 3 is 2.53 bits per heavy atom. The number of aromatic nitrogens is 3. The van der Waals surface area contributed by atoms with Crippen LogP contribution in [0.4, 0.5) is 4.39 Å². The van der Waals surface area contributed by atoms with Crippen molar-refractivity contribution in [3.63, 3.8) is 0 Å². The first-order valence-electron chi connectivity index (χ1n) is 10.7. The molecular formula is C24H31FN6O. The molecule has 2 aromatic carbocycles. The second kappa shape index (κ2) is 10.7. The van der Waals surface area contributed by atoms with Gasteiger partial charge in [-0.3, -0.25) is 0 Å². The fourth-order valence-electron chi connectivity index (χ4n) is 3.18. The zero-order chi connectivity index (χ0) is 23.1. The summed E-state index contributed by atoms with van der Waals surface area (Å²) in [4.78, 5) is 4.69. The predicted molar refractivity (Wildman–Crippen MR) is 124 cm³/mol. The minimum atomic E-state index is -0.211. The lowest BCUT2D eigenvalue weighted by molar-refractivity contribution is 0.414. The molecule has 3 aromatic rings. The average Bonchev–Trinajstić information content (AvgIpc) is 3.11. The van der Waals surface area contributed by atoms with E-state index in [1.54, 1.807) is 26.2 Å². The predicted octanol–water partition coefficient (Wildman–Crippen LogP) is 3.62. The van der Waals surface area contributed by atoms with Gasteiger partial charge in [0.25, 0.3) is 0 Å². The van der Waals surface area contributed by atoms with Gasteiger partial charge < -0.3 is 19.9 Å². The van der Waals surface area contributed by atoms with E-state index in [2.05, 4.69) is 25.8 Å². The number of hydrogen-bond acceptors (Lipinski definition) is 4. The lowest BCUT2D eigenvalue weighted by Gasteiger charge is -2.19. The van der Waals surface area contributed by atoms with Crippen LogP contribution in [-0.4, -0.2) is 34.4 Å². The highest BCUT2D eigenvalue weighted by molar-refractivity contribution is 5.80. The maximum Gasteiger partial charge on any atom is 0.192 e. The summed E-state index contributed by atoms with van der Waals surface area (Å²) in [6.45, 7) is 6.71. The third-order valence-corrected chi connectivity index (χ3v) is 5.48. The van der Waals surface area contributed by atoms with Gasteiger partial charge in [-0.05, 0) is 62.1 Å². The molecule has 0 saturated heterocycles. The highest BCUT2D eigenvalue weighted by Crippen LogP contribution is 2.16. The van der Waals surface area contributed by atoms with Crippen LogP contribution in [0.25, 0.3) is 0 Å². The van der Waals surface area contributed by atoms with Crippen molar-refractivity contribution in [1.82, 2.24) is 25.4 Å². The zero-order valence-corrected chi connectivity index (χ0v) is 19.3. The van der Waals surface area contributed by atoms with E-state index in [9.17, 15) is 4.39 Å². The topological polar surface area (TPSA) is 76.4 Å².